The van der Waals surface area contributed by atoms with Crippen LogP contribution in [-0.4, -0.2) is 38.7 Å². The Hall–Kier alpha value is -1.83. The van der Waals surface area contributed by atoms with E-state index < -0.39 is 6.03 Å². The summed E-state index contributed by atoms with van der Waals surface area (Å²) in [5, 5.41) is 8.34. The summed E-state index contributed by atoms with van der Waals surface area (Å²) in [5.41, 5.74) is 6.59. The molecule has 0 spiro atoms. The van der Waals surface area contributed by atoms with Crippen LogP contribution in [0.2, 0.25) is 0 Å². The van der Waals surface area contributed by atoms with Crippen LogP contribution in [0.3, 0.4) is 0 Å². The van der Waals surface area contributed by atoms with E-state index in [-0.39, 0.29) is 30.9 Å². The lowest BCUT2D eigenvalue weighted by atomic mass is 10.1. The summed E-state index contributed by atoms with van der Waals surface area (Å²) in [4.78, 5) is 22.4. The second-order valence-corrected chi connectivity index (χ2v) is 4.57. The van der Waals surface area contributed by atoms with Gasteiger partial charge in [0, 0.05) is 19.3 Å². The molecule has 1 atom stereocenters. The summed E-state index contributed by atoms with van der Waals surface area (Å²) in [6.45, 7) is 3.33. The zero-order chi connectivity index (χ0) is 15.7. The fourth-order valence-corrected chi connectivity index (χ4v) is 1.75. The zero-order valence-electron chi connectivity index (χ0n) is 12.7. The highest BCUT2D eigenvalue weighted by Crippen LogP contribution is 2.15. The first kappa shape index (κ1) is 20.2. The van der Waals surface area contributed by atoms with Crippen molar-refractivity contribution in [3.8, 4) is 0 Å². The number of hydrogen-bond acceptors (Lipinski definition) is 4. The number of rotatable bonds is 8. The van der Waals surface area contributed by atoms with E-state index in [1.54, 1.807) is 19.2 Å². The van der Waals surface area contributed by atoms with Gasteiger partial charge in [-0.1, -0.05) is 12.1 Å². The lowest BCUT2D eigenvalue weighted by Gasteiger charge is -2.15. The largest absolute Gasteiger partial charge is 0.383 e. The van der Waals surface area contributed by atoms with Crippen LogP contribution in [0.1, 0.15) is 18.5 Å². The molecule has 7 nitrogen and oxygen atoms in total. The predicted molar refractivity (Wildman–Crippen MR) is 88.2 cm³/mol. The van der Waals surface area contributed by atoms with Crippen molar-refractivity contribution in [1.82, 2.24) is 10.6 Å². The number of ether oxygens (including phenoxy) is 1. The van der Waals surface area contributed by atoms with E-state index in [1.807, 2.05) is 19.1 Å². The molecule has 3 amide bonds. The summed E-state index contributed by atoms with van der Waals surface area (Å²) in [7, 11) is 1.61. The molecule has 1 rings (SSSR count). The third-order valence-corrected chi connectivity index (χ3v) is 2.82. The first-order chi connectivity index (χ1) is 10.0. The van der Waals surface area contributed by atoms with Crippen molar-refractivity contribution >= 4 is 30.0 Å². The Morgan fingerprint density at radius 2 is 1.91 bits per heavy atom. The Kier molecular flexibility index (Phi) is 9.93. The molecule has 0 aliphatic carbocycles. The monoisotopic (exact) mass is 330 g/mol. The number of hydrogen-bond donors (Lipinski definition) is 4. The van der Waals surface area contributed by atoms with Crippen LogP contribution in [0, 0.1) is 0 Å². The van der Waals surface area contributed by atoms with Crippen LogP contribution in [0.25, 0.3) is 0 Å². The summed E-state index contributed by atoms with van der Waals surface area (Å²) in [5.74, 6) is -0.0852. The number of amides is 3. The highest BCUT2D eigenvalue weighted by molar-refractivity contribution is 5.87. The predicted octanol–water partition coefficient (Wildman–Crippen LogP) is 1.01. The summed E-state index contributed by atoms with van der Waals surface area (Å²) in [6, 6.07) is 6.40. The van der Waals surface area contributed by atoms with Crippen molar-refractivity contribution in [1.29, 1.82) is 0 Å². The zero-order valence-corrected chi connectivity index (χ0v) is 13.5. The molecule has 5 N–H and O–H groups in total. The minimum absolute atomic E-state index is 0. The van der Waals surface area contributed by atoms with E-state index in [0.29, 0.717) is 18.8 Å². The molecular formula is C14H23ClN4O3. The van der Waals surface area contributed by atoms with Crippen molar-refractivity contribution in [2.45, 2.75) is 13.0 Å². The van der Waals surface area contributed by atoms with E-state index in [4.69, 9.17) is 10.5 Å². The molecule has 0 aromatic heterocycles. The Balaban J connectivity index is 0.00000441. The Morgan fingerprint density at radius 3 is 2.45 bits per heavy atom. The lowest BCUT2D eigenvalue weighted by molar-refractivity contribution is -0.120. The molecular weight excluding hydrogens is 308 g/mol. The van der Waals surface area contributed by atoms with E-state index in [2.05, 4.69) is 16.0 Å². The van der Waals surface area contributed by atoms with Crippen molar-refractivity contribution < 1.29 is 14.3 Å². The first-order valence-corrected chi connectivity index (χ1v) is 6.68. The van der Waals surface area contributed by atoms with Gasteiger partial charge in [-0.3, -0.25) is 4.79 Å². The average Bonchev–Trinajstić information content (AvgIpc) is 2.43. The SMILES string of the molecule is COCCNCC(=O)NC(C)c1ccc(NC(N)=O)cc1.Cl. The van der Waals surface area contributed by atoms with E-state index >= 15 is 0 Å². The van der Waals surface area contributed by atoms with E-state index in [0.717, 1.165) is 5.56 Å². The molecule has 0 fully saturated rings. The quantitative estimate of drug-likeness (QED) is 0.534. The van der Waals surface area contributed by atoms with Crippen molar-refractivity contribution in [3.05, 3.63) is 29.8 Å². The van der Waals surface area contributed by atoms with Gasteiger partial charge in [0.15, 0.2) is 0 Å². The van der Waals surface area contributed by atoms with Gasteiger partial charge in [0.25, 0.3) is 0 Å². The molecule has 22 heavy (non-hydrogen) atoms. The lowest BCUT2D eigenvalue weighted by Crippen LogP contribution is -2.36. The Labute approximate surface area is 136 Å². The minimum Gasteiger partial charge on any atom is -0.383 e. The molecule has 124 valence electrons. The van der Waals surface area contributed by atoms with Crippen molar-refractivity contribution in [2.75, 3.05) is 32.1 Å². The number of primary amides is 1. The summed E-state index contributed by atoms with van der Waals surface area (Å²) >= 11 is 0. The van der Waals surface area contributed by atoms with Gasteiger partial charge in [0.05, 0.1) is 19.2 Å². The van der Waals surface area contributed by atoms with Crippen LogP contribution >= 0.6 is 12.4 Å². The topological polar surface area (TPSA) is 105 Å². The highest BCUT2D eigenvalue weighted by Gasteiger charge is 2.09. The number of halogens is 1. The maximum Gasteiger partial charge on any atom is 0.316 e. The molecule has 1 unspecified atom stereocenters. The van der Waals surface area contributed by atoms with E-state index in [1.165, 1.54) is 0 Å². The summed E-state index contributed by atoms with van der Waals surface area (Å²) < 4.78 is 4.88. The molecule has 8 heteroatoms. The second kappa shape index (κ2) is 10.8. The van der Waals surface area contributed by atoms with Crippen LogP contribution in [-0.2, 0) is 9.53 Å². The number of carbonyl (C=O) groups excluding carboxylic acids is 2. The van der Waals surface area contributed by atoms with Crippen molar-refractivity contribution in [3.63, 3.8) is 0 Å². The fraction of sp³-hybridized carbons (Fsp3) is 0.429. The maximum absolute atomic E-state index is 11.7. The highest BCUT2D eigenvalue weighted by atomic mass is 35.5. The van der Waals surface area contributed by atoms with Gasteiger partial charge >= 0.3 is 6.03 Å². The number of anilines is 1. The molecule has 0 aliphatic heterocycles. The molecule has 0 aliphatic rings. The van der Waals surface area contributed by atoms with Crippen LogP contribution < -0.4 is 21.7 Å². The fourth-order valence-electron chi connectivity index (χ4n) is 1.75. The summed E-state index contributed by atoms with van der Waals surface area (Å²) in [6.07, 6.45) is 0. The van der Waals surface area contributed by atoms with Gasteiger partial charge in [0.1, 0.15) is 0 Å². The molecule has 1 aromatic rings. The molecule has 0 saturated carbocycles. The Morgan fingerprint density at radius 1 is 1.27 bits per heavy atom. The average molecular weight is 331 g/mol. The normalized spacial score (nSPS) is 11.2. The number of benzene rings is 1. The Bertz CT molecular complexity index is 468. The van der Waals surface area contributed by atoms with Gasteiger partial charge in [-0.15, -0.1) is 12.4 Å². The van der Waals surface area contributed by atoms with Crippen LogP contribution in [0.15, 0.2) is 24.3 Å². The van der Waals surface area contributed by atoms with Gasteiger partial charge < -0.3 is 26.4 Å². The number of nitrogens with two attached hydrogens (primary N) is 1. The molecule has 1 aromatic carbocycles. The van der Waals surface area contributed by atoms with Gasteiger partial charge in [0.2, 0.25) is 5.91 Å². The minimum atomic E-state index is -0.605. The van der Waals surface area contributed by atoms with Crippen LogP contribution in [0.5, 0.6) is 0 Å². The number of carbonyl (C=O) groups is 2. The first-order valence-electron chi connectivity index (χ1n) is 6.68. The number of nitrogens with one attached hydrogen (secondary N) is 3. The van der Waals surface area contributed by atoms with Gasteiger partial charge in [-0.25, -0.2) is 4.79 Å². The number of methoxy groups -OCH3 is 1. The van der Waals surface area contributed by atoms with Crippen LogP contribution in [0.4, 0.5) is 10.5 Å². The number of urea groups is 1. The van der Waals surface area contributed by atoms with E-state index in [9.17, 15) is 9.59 Å². The molecule has 0 radical (unpaired) electrons. The van der Waals surface area contributed by atoms with Gasteiger partial charge in [-0.2, -0.15) is 0 Å². The standard InChI is InChI=1S/C14H22N4O3.ClH/c1-10(17-13(19)9-16-7-8-21-2)11-3-5-12(6-4-11)18-14(15)20;/h3-6,10,16H,7-9H2,1-2H3,(H,17,19)(H3,15,18,20);1H. The molecule has 0 heterocycles. The molecule has 0 saturated heterocycles. The smallest absolute Gasteiger partial charge is 0.316 e. The third kappa shape index (κ3) is 7.82. The second-order valence-electron chi connectivity index (χ2n) is 4.57. The maximum atomic E-state index is 11.7. The molecule has 0 bridgehead atoms. The third-order valence-electron chi connectivity index (χ3n) is 2.82. The van der Waals surface area contributed by atoms with Gasteiger partial charge in [-0.05, 0) is 24.6 Å². The van der Waals surface area contributed by atoms with Crippen molar-refractivity contribution in [2.24, 2.45) is 5.73 Å².